The van der Waals surface area contributed by atoms with Gasteiger partial charge in [-0.25, -0.2) is 0 Å². The molecule has 1 aliphatic carbocycles. The second-order valence-corrected chi connectivity index (χ2v) is 6.91. The summed E-state index contributed by atoms with van der Waals surface area (Å²) < 4.78 is 11.8. The molecule has 2 rings (SSSR count). The molecular weight excluding hydrogens is 390 g/mol. The summed E-state index contributed by atoms with van der Waals surface area (Å²) in [7, 11) is 1.62. The third kappa shape index (κ3) is 5.63. The van der Waals surface area contributed by atoms with Crippen molar-refractivity contribution in [1.82, 2.24) is 10.7 Å². The van der Waals surface area contributed by atoms with Crippen molar-refractivity contribution in [2.24, 2.45) is 5.10 Å². The molecule has 2 N–H and O–H groups in total. The summed E-state index contributed by atoms with van der Waals surface area (Å²) in [5.74, 6) is 1.36. The van der Waals surface area contributed by atoms with E-state index >= 15 is 0 Å². The molecule has 0 aromatic heterocycles. The van der Waals surface area contributed by atoms with E-state index in [-0.39, 0.29) is 0 Å². The number of ether oxygens (including phenoxy) is 2. The Kier molecular flexibility index (Phi) is 7.78. The summed E-state index contributed by atoms with van der Waals surface area (Å²) in [6.07, 6.45) is 7.92. The molecule has 0 spiro atoms. The zero-order valence-electron chi connectivity index (χ0n) is 14.1. The Bertz CT molecular complexity index is 589. The zero-order chi connectivity index (χ0) is 17.4. The quantitative estimate of drug-likeness (QED) is 0.419. The Balaban J connectivity index is 1.93. The van der Waals surface area contributed by atoms with Gasteiger partial charge in [0, 0.05) is 6.04 Å². The van der Waals surface area contributed by atoms with Crippen molar-refractivity contribution in [1.29, 1.82) is 0 Å². The van der Waals surface area contributed by atoms with Crippen LogP contribution >= 0.6 is 28.1 Å². The number of hydrogen-bond acceptors (Lipinski definition) is 4. The van der Waals surface area contributed by atoms with Gasteiger partial charge in [-0.2, -0.15) is 5.10 Å². The largest absolute Gasteiger partial charge is 0.493 e. The molecule has 0 saturated heterocycles. The van der Waals surface area contributed by atoms with Crippen molar-refractivity contribution in [2.75, 3.05) is 13.7 Å². The Morgan fingerprint density at radius 1 is 1.38 bits per heavy atom. The molecule has 0 heterocycles. The van der Waals surface area contributed by atoms with Crippen LogP contribution < -0.4 is 20.2 Å². The van der Waals surface area contributed by atoms with Gasteiger partial charge in [-0.1, -0.05) is 19.3 Å². The molecule has 0 bridgehead atoms. The van der Waals surface area contributed by atoms with Gasteiger partial charge < -0.3 is 14.8 Å². The standard InChI is InChI=1S/C17H24BrN3O2S/c1-3-23-16-14(18)9-12(10-15(16)22-2)11-19-21-17(24)20-13-7-5-4-6-8-13/h9-11,13H,3-8H2,1-2H3,(H2,20,21,24)/b19-11-. The van der Waals surface area contributed by atoms with E-state index in [1.165, 1.54) is 32.1 Å². The SMILES string of the molecule is CCOc1c(Br)cc(/C=N\NC(=S)NC2CCCCC2)cc1OC. The summed E-state index contributed by atoms with van der Waals surface area (Å²) in [5.41, 5.74) is 3.76. The average molecular weight is 414 g/mol. The summed E-state index contributed by atoms with van der Waals surface area (Å²) in [5, 5.41) is 8.09. The summed E-state index contributed by atoms with van der Waals surface area (Å²) in [6.45, 7) is 2.51. The van der Waals surface area contributed by atoms with Gasteiger partial charge in [0.1, 0.15) is 0 Å². The van der Waals surface area contributed by atoms with E-state index in [4.69, 9.17) is 21.7 Å². The predicted molar refractivity (Wildman–Crippen MR) is 105 cm³/mol. The minimum absolute atomic E-state index is 0.466. The molecule has 5 nitrogen and oxygen atoms in total. The first-order chi connectivity index (χ1) is 11.6. The number of thiocarbonyl (C=S) groups is 1. The molecule has 132 valence electrons. The van der Waals surface area contributed by atoms with Crippen LogP contribution in [0.5, 0.6) is 11.5 Å². The van der Waals surface area contributed by atoms with Crippen LogP contribution in [0.4, 0.5) is 0 Å². The zero-order valence-corrected chi connectivity index (χ0v) is 16.5. The van der Waals surface area contributed by atoms with Gasteiger partial charge in [0.05, 0.1) is 24.4 Å². The van der Waals surface area contributed by atoms with Gasteiger partial charge in [0.2, 0.25) is 0 Å². The highest BCUT2D eigenvalue weighted by atomic mass is 79.9. The average Bonchev–Trinajstić information content (AvgIpc) is 2.58. The minimum Gasteiger partial charge on any atom is -0.493 e. The lowest BCUT2D eigenvalue weighted by Crippen LogP contribution is -2.40. The van der Waals surface area contributed by atoms with Gasteiger partial charge in [0.15, 0.2) is 16.6 Å². The lowest BCUT2D eigenvalue weighted by atomic mass is 9.96. The van der Waals surface area contributed by atoms with Crippen molar-refractivity contribution in [3.05, 3.63) is 22.2 Å². The third-order valence-electron chi connectivity index (χ3n) is 3.86. The van der Waals surface area contributed by atoms with Crippen LogP contribution in [0.2, 0.25) is 0 Å². The molecule has 0 radical (unpaired) electrons. The van der Waals surface area contributed by atoms with Crippen LogP contribution in [0.3, 0.4) is 0 Å². The lowest BCUT2D eigenvalue weighted by Gasteiger charge is -2.23. The number of hydrogen-bond donors (Lipinski definition) is 2. The van der Waals surface area contributed by atoms with Crippen molar-refractivity contribution < 1.29 is 9.47 Å². The fraction of sp³-hybridized carbons (Fsp3) is 0.529. The van der Waals surface area contributed by atoms with E-state index in [1.807, 2.05) is 19.1 Å². The first-order valence-corrected chi connectivity index (χ1v) is 9.44. The van der Waals surface area contributed by atoms with Crippen molar-refractivity contribution >= 4 is 39.5 Å². The Morgan fingerprint density at radius 2 is 2.12 bits per heavy atom. The highest BCUT2D eigenvalue weighted by Crippen LogP contribution is 2.36. The van der Waals surface area contributed by atoms with Crippen LogP contribution in [-0.2, 0) is 0 Å². The van der Waals surface area contributed by atoms with E-state index in [9.17, 15) is 0 Å². The number of methoxy groups -OCH3 is 1. The number of nitrogens with one attached hydrogen (secondary N) is 2. The molecule has 1 aromatic carbocycles. The van der Waals surface area contributed by atoms with E-state index in [2.05, 4.69) is 31.8 Å². The second kappa shape index (κ2) is 9.84. The maximum absolute atomic E-state index is 5.58. The highest BCUT2D eigenvalue weighted by Gasteiger charge is 2.13. The molecule has 7 heteroatoms. The molecule has 1 fully saturated rings. The fourth-order valence-electron chi connectivity index (χ4n) is 2.73. The van der Waals surface area contributed by atoms with Gasteiger partial charge >= 0.3 is 0 Å². The molecule has 1 aromatic rings. The van der Waals surface area contributed by atoms with Crippen LogP contribution in [0.25, 0.3) is 0 Å². The normalized spacial score (nSPS) is 15.3. The summed E-state index contributed by atoms with van der Waals surface area (Å²) >= 11 is 8.79. The van der Waals surface area contributed by atoms with E-state index in [0.717, 1.165) is 10.0 Å². The molecule has 1 aliphatic rings. The minimum atomic E-state index is 0.466. The van der Waals surface area contributed by atoms with Gasteiger partial charge in [0.25, 0.3) is 0 Å². The summed E-state index contributed by atoms with van der Waals surface area (Å²) in [6, 6.07) is 4.27. The molecular formula is C17H24BrN3O2S. The highest BCUT2D eigenvalue weighted by molar-refractivity contribution is 9.10. The fourth-order valence-corrected chi connectivity index (χ4v) is 3.52. The van der Waals surface area contributed by atoms with Gasteiger partial charge in [-0.15, -0.1) is 0 Å². The van der Waals surface area contributed by atoms with Gasteiger partial charge in [-0.3, -0.25) is 5.43 Å². The number of halogens is 1. The maximum Gasteiger partial charge on any atom is 0.187 e. The Labute approximate surface area is 157 Å². The molecule has 0 amide bonds. The molecule has 0 atom stereocenters. The molecule has 1 saturated carbocycles. The monoisotopic (exact) mass is 413 g/mol. The van der Waals surface area contributed by atoms with Crippen LogP contribution in [-0.4, -0.2) is 31.1 Å². The number of nitrogens with zero attached hydrogens (tertiary/aromatic N) is 1. The number of rotatable bonds is 6. The van der Waals surface area contributed by atoms with Crippen molar-refractivity contribution in [2.45, 2.75) is 45.1 Å². The maximum atomic E-state index is 5.58. The topological polar surface area (TPSA) is 54.9 Å². The summed E-state index contributed by atoms with van der Waals surface area (Å²) in [4.78, 5) is 0. The van der Waals surface area contributed by atoms with Crippen molar-refractivity contribution in [3.8, 4) is 11.5 Å². The smallest absolute Gasteiger partial charge is 0.187 e. The van der Waals surface area contributed by atoms with Crippen LogP contribution in [0.15, 0.2) is 21.7 Å². The number of benzene rings is 1. The molecule has 24 heavy (non-hydrogen) atoms. The Morgan fingerprint density at radius 3 is 2.79 bits per heavy atom. The van der Waals surface area contributed by atoms with E-state index in [1.54, 1.807) is 13.3 Å². The molecule has 0 aliphatic heterocycles. The lowest BCUT2D eigenvalue weighted by molar-refractivity contribution is 0.309. The third-order valence-corrected chi connectivity index (χ3v) is 4.66. The van der Waals surface area contributed by atoms with Crippen LogP contribution in [0.1, 0.15) is 44.6 Å². The van der Waals surface area contributed by atoms with Crippen LogP contribution in [0, 0.1) is 0 Å². The number of hydrazone groups is 1. The Hall–Kier alpha value is -1.34. The first kappa shape index (κ1) is 19.0. The second-order valence-electron chi connectivity index (χ2n) is 5.65. The van der Waals surface area contributed by atoms with E-state index in [0.29, 0.717) is 29.3 Å². The van der Waals surface area contributed by atoms with E-state index < -0.39 is 0 Å². The molecule has 0 unspecified atom stereocenters. The van der Waals surface area contributed by atoms with Gasteiger partial charge in [-0.05, 0) is 65.6 Å². The predicted octanol–water partition coefficient (Wildman–Crippen LogP) is 3.99. The van der Waals surface area contributed by atoms with Crippen molar-refractivity contribution in [3.63, 3.8) is 0 Å². The first-order valence-electron chi connectivity index (χ1n) is 8.24.